The summed E-state index contributed by atoms with van der Waals surface area (Å²) >= 11 is 0.826. The number of unbranched alkanes of at least 4 members (excludes halogenated alkanes) is 1. The second-order valence-electron chi connectivity index (χ2n) is 9.10. The van der Waals surface area contributed by atoms with Gasteiger partial charge in [-0.3, -0.25) is 14.4 Å². The molecule has 0 spiro atoms. The van der Waals surface area contributed by atoms with Gasteiger partial charge in [-0.05, 0) is 37.7 Å². The quantitative estimate of drug-likeness (QED) is 0.280. The van der Waals surface area contributed by atoms with Gasteiger partial charge in [0.2, 0.25) is 22.5 Å². The van der Waals surface area contributed by atoms with Gasteiger partial charge in [-0.15, -0.1) is 0 Å². The lowest BCUT2D eigenvalue weighted by Crippen LogP contribution is -2.37. The maximum absolute atomic E-state index is 13.4. The van der Waals surface area contributed by atoms with Crippen molar-refractivity contribution in [2.75, 3.05) is 19.7 Å². The summed E-state index contributed by atoms with van der Waals surface area (Å²) in [5.41, 5.74) is 0.282. The highest BCUT2D eigenvalue weighted by molar-refractivity contribution is 8.15. The fourth-order valence-electron chi connectivity index (χ4n) is 4.31. The zero-order valence-electron chi connectivity index (χ0n) is 21.0. The highest BCUT2D eigenvalue weighted by atomic mass is 32.2. The third-order valence-corrected chi connectivity index (χ3v) is 7.34. The molecule has 3 heterocycles. The highest BCUT2D eigenvalue weighted by Crippen LogP contribution is 2.24. The number of thioether (sulfide) groups is 1. The van der Waals surface area contributed by atoms with Crippen molar-refractivity contribution in [2.24, 2.45) is 0 Å². The lowest BCUT2D eigenvalue weighted by atomic mass is 10.1. The molecule has 37 heavy (non-hydrogen) atoms. The summed E-state index contributed by atoms with van der Waals surface area (Å²) in [6.45, 7) is 3.72. The van der Waals surface area contributed by atoms with E-state index in [1.54, 1.807) is 10.8 Å². The van der Waals surface area contributed by atoms with Crippen LogP contribution in [-0.2, 0) is 22.6 Å². The molecule has 1 atom stereocenters. The first kappa shape index (κ1) is 26.7. The minimum Gasteiger partial charge on any atom is -0.486 e. The normalized spacial score (nSPS) is 14.5. The summed E-state index contributed by atoms with van der Waals surface area (Å²) in [5, 5.41) is -1.17. The lowest BCUT2D eigenvalue weighted by molar-refractivity contribution is -0.132. The molecular weight excluding hydrogens is 492 g/mol. The van der Waals surface area contributed by atoms with Crippen LogP contribution in [0.1, 0.15) is 55.1 Å². The fourth-order valence-corrected chi connectivity index (χ4v) is 5.17. The summed E-state index contributed by atoms with van der Waals surface area (Å²) in [6.07, 6.45) is 8.89. The van der Waals surface area contributed by atoms with E-state index >= 15 is 0 Å². The van der Waals surface area contributed by atoms with Crippen LogP contribution in [0.5, 0.6) is 5.75 Å². The van der Waals surface area contributed by atoms with Gasteiger partial charge in [0.15, 0.2) is 5.69 Å². The van der Waals surface area contributed by atoms with Gasteiger partial charge in [-0.2, -0.15) is 0 Å². The number of imidazole rings is 1. The fraction of sp³-hybridized carbons (Fsp3) is 0.444. The van der Waals surface area contributed by atoms with E-state index in [1.165, 1.54) is 10.6 Å². The Hall–Kier alpha value is -3.40. The third-order valence-electron chi connectivity index (χ3n) is 6.35. The topological polar surface area (TPSA) is 103 Å². The number of likely N-dealkylation sites (tertiary alicyclic amines) is 1. The molecule has 1 aliphatic rings. The number of hydrogen-bond donors (Lipinski definition) is 0. The molecule has 1 aliphatic heterocycles. The first-order chi connectivity index (χ1) is 18.0. The number of carbonyl (C=O) groups excluding carboxylic acids is 3. The van der Waals surface area contributed by atoms with Crippen molar-refractivity contribution in [2.45, 2.75) is 57.2 Å². The smallest absolute Gasteiger partial charge is 0.302 e. The molecule has 1 unspecified atom stereocenters. The van der Waals surface area contributed by atoms with E-state index in [2.05, 4.69) is 4.98 Å². The van der Waals surface area contributed by atoms with E-state index in [0.29, 0.717) is 12.8 Å². The van der Waals surface area contributed by atoms with Crippen LogP contribution in [0.3, 0.4) is 0 Å². The summed E-state index contributed by atoms with van der Waals surface area (Å²) in [5.74, 6) is 0.00207. The second-order valence-corrected chi connectivity index (χ2v) is 10.3. The number of aldehydes is 1. The van der Waals surface area contributed by atoms with Crippen molar-refractivity contribution in [3.05, 3.63) is 64.3 Å². The number of ether oxygens (including phenoxy) is 1. The van der Waals surface area contributed by atoms with Gasteiger partial charge >= 0.3 is 5.56 Å². The number of hydrogen-bond acceptors (Lipinski definition) is 7. The van der Waals surface area contributed by atoms with Gasteiger partial charge in [0.05, 0.1) is 11.9 Å². The Morgan fingerprint density at radius 2 is 1.89 bits per heavy atom. The predicted octanol–water partition coefficient (Wildman–Crippen LogP) is 3.37. The number of benzene rings is 1. The Kier molecular flexibility index (Phi) is 9.16. The van der Waals surface area contributed by atoms with E-state index < -0.39 is 15.9 Å². The molecule has 4 rings (SSSR count). The number of nitrogens with zero attached hydrogens (tertiary/aromatic N) is 4. The maximum atomic E-state index is 13.4. The summed E-state index contributed by atoms with van der Waals surface area (Å²) < 4.78 is 8.63. The second kappa shape index (κ2) is 12.7. The molecule has 1 amide bonds. The molecule has 1 saturated heterocycles. The molecule has 0 radical (unpaired) electrons. The largest absolute Gasteiger partial charge is 0.486 e. The monoisotopic (exact) mass is 524 g/mol. The van der Waals surface area contributed by atoms with Crippen molar-refractivity contribution in [3.8, 4) is 5.75 Å². The van der Waals surface area contributed by atoms with E-state index in [0.717, 1.165) is 62.4 Å². The molecule has 10 heteroatoms. The van der Waals surface area contributed by atoms with Crippen LogP contribution in [0.4, 0.5) is 0 Å². The molecular formula is C27H32N4O5S. The zero-order chi connectivity index (χ0) is 26.2. The van der Waals surface area contributed by atoms with E-state index in [9.17, 15) is 19.2 Å². The Morgan fingerprint density at radius 3 is 2.59 bits per heavy atom. The number of aromatic nitrogens is 3. The van der Waals surface area contributed by atoms with Gasteiger partial charge in [-0.1, -0.05) is 55.4 Å². The first-order valence-corrected chi connectivity index (χ1v) is 13.6. The van der Waals surface area contributed by atoms with Crippen LogP contribution < -0.4 is 10.3 Å². The van der Waals surface area contributed by atoms with Crippen LogP contribution in [-0.4, -0.2) is 61.1 Å². The highest BCUT2D eigenvalue weighted by Gasteiger charge is 2.26. The van der Waals surface area contributed by atoms with Crippen LogP contribution in [0, 0.1) is 0 Å². The number of fused-ring (bicyclic) bond motifs is 1. The SMILES string of the molecule is CCCCOc1c(C(=O)SC(C=O)Cc2ccccc2)nc2n(CC(=O)N3CCCCC3)ccn2c1=O. The van der Waals surface area contributed by atoms with Gasteiger partial charge in [0.1, 0.15) is 12.8 Å². The Labute approximate surface area is 219 Å². The molecule has 3 aromatic rings. The summed E-state index contributed by atoms with van der Waals surface area (Å²) in [6, 6.07) is 9.42. The number of rotatable bonds is 11. The minimum absolute atomic E-state index is 0.0186. The van der Waals surface area contributed by atoms with Gasteiger partial charge in [0.25, 0.3) is 0 Å². The van der Waals surface area contributed by atoms with Gasteiger partial charge in [-0.25, -0.2) is 9.38 Å². The van der Waals surface area contributed by atoms with Crippen LogP contribution in [0.25, 0.3) is 5.78 Å². The molecule has 1 fully saturated rings. The van der Waals surface area contributed by atoms with Crippen molar-refractivity contribution >= 4 is 34.8 Å². The predicted molar refractivity (Wildman–Crippen MR) is 142 cm³/mol. The molecule has 196 valence electrons. The van der Waals surface area contributed by atoms with Gasteiger partial charge < -0.3 is 19.0 Å². The molecule has 0 saturated carbocycles. The molecule has 1 aromatic carbocycles. The van der Waals surface area contributed by atoms with E-state index in [4.69, 9.17) is 4.74 Å². The Bertz CT molecular complexity index is 1300. The third kappa shape index (κ3) is 6.49. The van der Waals surface area contributed by atoms with E-state index in [-0.39, 0.29) is 36.3 Å². The molecule has 0 bridgehead atoms. The standard InChI is InChI=1S/C27H32N4O5S/c1-2-3-16-36-24-23(26(35)37-21(19-32)17-20-10-6-4-7-11-20)28-27-30(14-15-31(27)25(24)34)18-22(33)29-12-8-5-9-13-29/h4,6-7,10-11,14-15,19,21H,2-3,5,8-9,12-13,16-18H2,1H3. The van der Waals surface area contributed by atoms with Crippen LogP contribution in [0.2, 0.25) is 0 Å². The zero-order valence-corrected chi connectivity index (χ0v) is 21.8. The molecule has 2 aromatic heterocycles. The average molecular weight is 525 g/mol. The summed E-state index contributed by atoms with van der Waals surface area (Å²) in [7, 11) is 0. The molecule has 9 nitrogen and oxygen atoms in total. The van der Waals surface area contributed by atoms with Gasteiger partial charge in [0, 0.05) is 25.5 Å². The Morgan fingerprint density at radius 1 is 1.14 bits per heavy atom. The number of amides is 1. The van der Waals surface area contributed by atoms with Crippen molar-refractivity contribution in [1.29, 1.82) is 0 Å². The van der Waals surface area contributed by atoms with Crippen LogP contribution in [0.15, 0.2) is 47.5 Å². The number of piperidine rings is 1. The molecule has 0 aliphatic carbocycles. The van der Waals surface area contributed by atoms with Crippen LogP contribution >= 0.6 is 11.8 Å². The van der Waals surface area contributed by atoms with E-state index in [1.807, 2.05) is 42.2 Å². The first-order valence-electron chi connectivity index (χ1n) is 12.7. The minimum atomic E-state index is -0.647. The Balaban J connectivity index is 1.64. The van der Waals surface area contributed by atoms with Crippen molar-refractivity contribution < 1.29 is 19.1 Å². The lowest BCUT2D eigenvalue weighted by Gasteiger charge is -2.26. The average Bonchev–Trinajstić information content (AvgIpc) is 3.33. The van der Waals surface area contributed by atoms with Crippen molar-refractivity contribution in [3.63, 3.8) is 0 Å². The van der Waals surface area contributed by atoms with Crippen molar-refractivity contribution in [1.82, 2.24) is 18.9 Å². The maximum Gasteiger partial charge on any atom is 0.302 e. The summed E-state index contributed by atoms with van der Waals surface area (Å²) in [4.78, 5) is 57.7. The molecule has 0 N–H and O–H groups in total. The number of carbonyl (C=O) groups is 3.